The van der Waals surface area contributed by atoms with Gasteiger partial charge in [0.25, 0.3) is 0 Å². The van der Waals surface area contributed by atoms with E-state index in [1.807, 2.05) is 0 Å². The number of carbonyl (C=O) groups excluding carboxylic acids is 2. The molecule has 4 nitrogen and oxygen atoms in total. The van der Waals surface area contributed by atoms with Gasteiger partial charge in [-0.1, -0.05) is 13.5 Å². The first-order valence-electron chi connectivity index (χ1n) is 10.3. The predicted octanol–water partition coefficient (Wildman–Crippen LogP) is 3.68. The van der Waals surface area contributed by atoms with E-state index in [9.17, 15) is 9.59 Å². The molecule has 142 valence electrons. The summed E-state index contributed by atoms with van der Waals surface area (Å²) >= 11 is 0. The summed E-state index contributed by atoms with van der Waals surface area (Å²) in [5, 5.41) is 0. The van der Waals surface area contributed by atoms with Gasteiger partial charge >= 0.3 is 5.97 Å². The zero-order valence-corrected chi connectivity index (χ0v) is 16.2. The lowest BCUT2D eigenvalue weighted by Crippen LogP contribution is -2.71. The number of ketones is 1. The number of esters is 1. The molecular weight excluding hydrogens is 328 g/mol. The summed E-state index contributed by atoms with van der Waals surface area (Å²) < 4.78 is 12.1. The minimum Gasteiger partial charge on any atom is -0.459 e. The van der Waals surface area contributed by atoms with Crippen molar-refractivity contribution < 1.29 is 19.1 Å². The number of allylic oxidation sites excluding steroid dienone is 1. The van der Waals surface area contributed by atoms with Gasteiger partial charge in [0.05, 0.1) is 16.9 Å². The molecule has 0 radical (unpaired) electrons. The van der Waals surface area contributed by atoms with Crippen LogP contribution >= 0.6 is 0 Å². The smallest absolute Gasteiger partial charge is 0.313 e. The molecule has 0 amide bonds. The molecule has 5 aliphatic carbocycles. The minimum atomic E-state index is -0.562. The molecule has 5 saturated carbocycles. The van der Waals surface area contributed by atoms with Crippen LogP contribution in [0.3, 0.4) is 0 Å². The number of fused-ring (bicyclic) bond motifs is 5. The maximum atomic E-state index is 13.5. The van der Waals surface area contributed by atoms with E-state index in [0.717, 1.165) is 50.5 Å². The average molecular weight is 358 g/mol. The molecule has 7 aliphatic rings. The molecule has 0 aromatic carbocycles. The van der Waals surface area contributed by atoms with Crippen molar-refractivity contribution in [2.24, 2.45) is 34.5 Å². The van der Waals surface area contributed by atoms with E-state index >= 15 is 0 Å². The van der Waals surface area contributed by atoms with Crippen LogP contribution in [0.2, 0.25) is 0 Å². The molecule has 26 heavy (non-hydrogen) atoms. The topological polar surface area (TPSA) is 52.6 Å². The molecule has 7 rings (SSSR count). The minimum absolute atomic E-state index is 0.0227. The Hall–Kier alpha value is -1.16. The van der Waals surface area contributed by atoms with Crippen molar-refractivity contribution >= 4 is 11.8 Å². The highest BCUT2D eigenvalue weighted by molar-refractivity contribution is 6.03. The van der Waals surface area contributed by atoms with Gasteiger partial charge in [-0.2, -0.15) is 0 Å². The van der Waals surface area contributed by atoms with Gasteiger partial charge in [-0.15, -0.1) is 0 Å². The molecular formula is C22H30O4. The highest BCUT2D eigenvalue weighted by atomic mass is 16.6. The maximum Gasteiger partial charge on any atom is 0.313 e. The van der Waals surface area contributed by atoms with Crippen molar-refractivity contribution in [2.45, 2.75) is 70.5 Å². The number of Topliss-reactive ketones (excluding diaryl/α,β-unsaturated/α-hetero) is 1. The van der Waals surface area contributed by atoms with Crippen LogP contribution in [0.15, 0.2) is 12.2 Å². The van der Waals surface area contributed by atoms with Gasteiger partial charge in [0, 0.05) is 7.11 Å². The van der Waals surface area contributed by atoms with Gasteiger partial charge in [0.2, 0.25) is 0 Å². The van der Waals surface area contributed by atoms with E-state index in [1.165, 1.54) is 0 Å². The summed E-state index contributed by atoms with van der Waals surface area (Å²) in [5.41, 5.74) is -0.653. The lowest BCUT2D eigenvalue weighted by Gasteiger charge is -2.67. The Kier molecular flexibility index (Phi) is 3.27. The Morgan fingerprint density at radius 3 is 2.65 bits per heavy atom. The lowest BCUT2D eigenvalue weighted by atomic mass is 9.37. The van der Waals surface area contributed by atoms with Crippen LogP contribution in [0.4, 0.5) is 0 Å². The van der Waals surface area contributed by atoms with Gasteiger partial charge in [0.15, 0.2) is 5.78 Å². The first-order valence-corrected chi connectivity index (χ1v) is 10.3. The van der Waals surface area contributed by atoms with E-state index in [0.29, 0.717) is 5.92 Å². The third-order valence-electron chi connectivity index (χ3n) is 9.40. The van der Waals surface area contributed by atoms with Gasteiger partial charge in [0.1, 0.15) is 5.60 Å². The van der Waals surface area contributed by atoms with Gasteiger partial charge in [-0.25, -0.2) is 0 Å². The van der Waals surface area contributed by atoms with Crippen LogP contribution in [0.25, 0.3) is 0 Å². The molecule has 8 atom stereocenters. The van der Waals surface area contributed by atoms with E-state index in [1.54, 1.807) is 7.11 Å². The van der Waals surface area contributed by atoms with Crippen molar-refractivity contribution in [3.8, 4) is 0 Å². The molecule has 2 aliphatic heterocycles. The maximum absolute atomic E-state index is 13.5. The second kappa shape index (κ2) is 5.01. The van der Waals surface area contributed by atoms with Crippen LogP contribution in [0.5, 0.6) is 0 Å². The molecule has 0 N–H and O–H groups in total. The van der Waals surface area contributed by atoms with E-state index < -0.39 is 10.8 Å². The number of rotatable bonds is 1. The zero-order valence-electron chi connectivity index (χ0n) is 16.2. The Balaban J connectivity index is 1.72. The predicted molar refractivity (Wildman–Crippen MR) is 96.3 cm³/mol. The Morgan fingerprint density at radius 2 is 1.92 bits per heavy atom. The highest BCUT2D eigenvalue weighted by Gasteiger charge is 2.75. The van der Waals surface area contributed by atoms with Crippen molar-refractivity contribution in [3.63, 3.8) is 0 Å². The van der Waals surface area contributed by atoms with Crippen LogP contribution in [-0.2, 0) is 19.1 Å². The number of hydrogen-bond donors (Lipinski definition) is 0. The molecule has 4 bridgehead atoms. The molecule has 0 aromatic heterocycles. The summed E-state index contributed by atoms with van der Waals surface area (Å²) in [7, 11) is 1.74. The summed E-state index contributed by atoms with van der Waals surface area (Å²) in [6, 6.07) is 0. The zero-order chi connectivity index (χ0) is 18.5. The molecule has 2 heterocycles. The molecule has 2 saturated heterocycles. The van der Waals surface area contributed by atoms with E-state index in [2.05, 4.69) is 20.4 Å². The number of ether oxygens (including phenoxy) is 2. The fraction of sp³-hybridized carbons (Fsp3) is 0.818. The normalized spacial score (nSPS) is 55.2. The van der Waals surface area contributed by atoms with Crippen molar-refractivity contribution in [1.82, 2.24) is 0 Å². The first kappa shape index (κ1) is 17.0. The van der Waals surface area contributed by atoms with Gasteiger partial charge in [-0.05, 0) is 81.1 Å². The SMILES string of the molecule is C=C1C(=O)[C@]23CCC1CC2[C@@]12CCC[C@@](C)(OC1=O)C(C)C2C[C@H]3OC. The van der Waals surface area contributed by atoms with Crippen molar-refractivity contribution in [2.75, 3.05) is 7.11 Å². The van der Waals surface area contributed by atoms with Crippen LogP contribution in [-0.4, -0.2) is 30.6 Å². The Labute approximate surface area is 155 Å². The lowest BCUT2D eigenvalue weighted by molar-refractivity contribution is -0.249. The summed E-state index contributed by atoms with van der Waals surface area (Å²) in [5.74, 6) is 0.995. The molecule has 7 fully saturated rings. The second-order valence-corrected chi connectivity index (χ2v) is 9.87. The fourth-order valence-corrected chi connectivity index (χ4v) is 7.93. The van der Waals surface area contributed by atoms with Crippen LogP contribution in [0, 0.1) is 34.5 Å². The number of hydrogen-bond acceptors (Lipinski definition) is 4. The average Bonchev–Trinajstić information content (AvgIpc) is 2.82. The third-order valence-corrected chi connectivity index (χ3v) is 9.40. The Morgan fingerprint density at radius 1 is 1.15 bits per heavy atom. The largest absolute Gasteiger partial charge is 0.459 e. The van der Waals surface area contributed by atoms with E-state index in [-0.39, 0.29) is 41.2 Å². The molecule has 4 unspecified atom stereocenters. The van der Waals surface area contributed by atoms with Crippen LogP contribution in [0.1, 0.15) is 58.8 Å². The monoisotopic (exact) mass is 358 g/mol. The van der Waals surface area contributed by atoms with Gasteiger partial charge in [-0.3, -0.25) is 9.59 Å². The van der Waals surface area contributed by atoms with E-state index in [4.69, 9.17) is 9.47 Å². The summed E-state index contributed by atoms with van der Waals surface area (Å²) in [6.45, 7) is 8.50. The quantitative estimate of drug-likeness (QED) is 0.530. The molecule has 0 aromatic rings. The van der Waals surface area contributed by atoms with Crippen LogP contribution < -0.4 is 0 Å². The number of methoxy groups -OCH3 is 1. The second-order valence-electron chi connectivity index (χ2n) is 9.87. The number of carbonyl (C=O) groups is 2. The summed E-state index contributed by atoms with van der Waals surface area (Å²) in [4.78, 5) is 27.0. The van der Waals surface area contributed by atoms with Crippen molar-refractivity contribution in [3.05, 3.63) is 12.2 Å². The summed E-state index contributed by atoms with van der Waals surface area (Å²) in [6.07, 6.45) is 6.24. The first-order chi connectivity index (χ1) is 12.3. The van der Waals surface area contributed by atoms with Gasteiger partial charge < -0.3 is 9.47 Å². The third kappa shape index (κ3) is 1.63. The fourth-order valence-electron chi connectivity index (χ4n) is 7.93. The van der Waals surface area contributed by atoms with Crippen molar-refractivity contribution in [1.29, 1.82) is 0 Å². The standard InChI is InChI=1S/C22H30O4/c1-12-14-6-9-22(18(12)23)16(10-14)21-8-5-7-20(3,26-19(21)24)13(2)15(21)11-17(22)25-4/h13-17H,1,5-11H2,2-4H3/t13?,14?,15?,16?,17-,20-,21+,22-/m1/s1. The molecule has 4 heteroatoms. The Bertz CT molecular complexity index is 713. The molecule has 2 spiro atoms. The highest BCUT2D eigenvalue weighted by Crippen LogP contribution is 2.72.